The Morgan fingerprint density at radius 2 is 2.47 bits per heavy atom. The number of aliphatic hydroxyl groups is 1. The predicted octanol–water partition coefficient (Wildman–Crippen LogP) is -0.0330. The van der Waals surface area contributed by atoms with Crippen molar-refractivity contribution in [1.82, 2.24) is 10.6 Å². The van der Waals surface area contributed by atoms with Gasteiger partial charge >= 0.3 is 0 Å². The van der Waals surface area contributed by atoms with Gasteiger partial charge in [0.1, 0.15) is 0 Å². The van der Waals surface area contributed by atoms with Crippen molar-refractivity contribution in [2.24, 2.45) is 0 Å². The number of nitrogens with one attached hydrogen (secondary N) is 2. The number of carbonyl (C=O) groups is 1. The van der Waals surface area contributed by atoms with E-state index in [-0.39, 0.29) is 24.1 Å². The molecule has 3 unspecified atom stereocenters. The summed E-state index contributed by atoms with van der Waals surface area (Å²) in [5.41, 5.74) is 0. The van der Waals surface area contributed by atoms with Gasteiger partial charge in [-0.1, -0.05) is 6.92 Å². The maximum atomic E-state index is 11.7. The molecule has 1 heterocycles. The summed E-state index contributed by atoms with van der Waals surface area (Å²) >= 11 is 1.73. The summed E-state index contributed by atoms with van der Waals surface area (Å²) in [6, 6.07) is 0.0305. The molecule has 1 fully saturated rings. The zero-order valence-corrected chi connectivity index (χ0v) is 10.1. The van der Waals surface area contributed by atoms with Crippen LogP contribution in [-0.4, -0.2) is 47.8 Å². The Kier molecular flexibility index (Phi) is 5.42. The Hall–Kier alpha value is -0.260. The van der Waals surface area contributed by atoms with Crippen LogP contribution in [0.2, 0.25) is 0 Å². The van der Waals surface area contributed by atoms with E-state index in [1.165, 1.54) is 0 Å². The smallest absolute Gasteiger partial charge is 0.237 e. The van der Waals surface area contributed by atoms with Gasteiger partial charge in [-0.05, 0) is 19.1 Å². The number of aliphatic hydroxyl groups excluding tert-OH is 1. The molecule has 0 saturated carbocycles. The second-order valence-corrected chi connectivity index (χ2v) is 4.83. The fourth-order valence-corrected chi connectivity index (χ4v) is 2.40. The van der Waals surface area contributed by atoms with Crippen molar-refractivity contribution in [3.63, 3.8) is 0 Å². The van der Waals surface area contributed by atoms with Gasteiger partial charge in [-0.15, -0.1) is 0 Å². The van der Waals surface area contributed by atoms with E-state index in [9.17, 15) is 9.90 Å². The molecule has 3 atom stereocenters. The number of rotatable bonds is 5. The first-order valence-electron chi connectivity index (χ1n) is 5.38. The molecule has 15 heavy (non-hydrogen) atoms. The molecule has 1 aliphatic rings. The molecule has 0 radical (unpaired) electrons. The first-order valence-corrected chi connectivity index (χ1v) is 6.77. The first kappa shape index (κ1) is 12.8. The van der Waals surface area contributed by atoms with Crippen LogP contribution in [0.4, 0.5) is 0 Å². The van der Waals surface area contributed by atoms with Crippen molar-refractivity contribution < 1.29 is 9.90 Å². The van der Waals surface area contributed by atoms with E-state index in [0.717, 1.165) is 12.2 Å². The topological polar surface area (TPSA) is 61.4 Å². The van der Waals surface area contributed by atoms with E-state index in [1.807, 2.05) is 6.26 Å². The number of hydrogen-bond acceptors (Lipinski definition) is 4. The molecular formula is C10H20N2O2S. The standard InChI is InChI=1S/C10H20N2O2S/c1-3-7(6-15-2)12-10(14)9-4-8(13)5-11-9/h7-9,11,13H,3-6H2,1-2H3,(H,12,14). The Labute approximate surface area is 95.2 Å². The van der Waals surface area contributed by atoms with Gasteiger partial charge < -0.3 is 15.7 Å². The van der Waals surface area contributed by atoms with Gasteiger partial charge in [-0.25, -0.2) is 0 Å². The quantitative estimate of drug-likeness (QED) is 0.623. The van der Waals surface area contributed by atoms with E-state index >= 15 is 0 Å². The minimum absolute atomic E-state index is 0.0208. The zero-order valence-electron chi connectivity index (χ0n) is 9.32. The van der Waals surface area contributed by atoms with Crippen LogP contribution >= 0.6 is 11.8 Å². The van der Waals surface area contributed by atoms with Crippen LogP contribution in [0.1, 0.15) is 19.8 Å². The minimum atomic E-state index is -0.374. The zero-order chi connectivity index (χ0) is 11.3. The average Bonchev–Trinajstić information content (AvgIpc) is 2.64. The van der Waals surface area contributed by atoms with Crippen LogP contribution in [0.15, 0.2) is 0 Å². The first-order chi connectivity index (χ1) is 7.17. The van der Waals surface area contributed by atoms with Gasteiger partial charge in [0, 0.05) is 18.3 Å². The fraction of sp³-hybridized carbons (Fsp3) is 0.900. The highest BCUT2D eigenvalue weighted by Crippen LogP contribution is 2.08. The average molecular weight is 232 g/mol. The van der Waals surface area contributed by atoms with E-state index in [4.69, 9.17) is 0 Å². The normalized spacial score (nSPS) is 27.7. The lowest BCUT2D eigenvalue weighted by Crippen LogP contribution is -2.45. The second kappa shape index (κ2) is 6.35. The summed E-state index contributed by atoms with van der Waals surface area (Å²) < 4.78 is 0. The molecule has 0 aromatic rings. The molecule has 0 aromatic carbocycles. The van der Waals surface area contributed by atoms with Gasteiger partial charge in [0.05, 0.1) is 12.1 Å². The SMILES string of the molecule is CCC(CSC)NC(=O)C1CC(O)CN1. The Balaban J connectivity index is 2.33. The highest BCUT2D eigenvalue weighted by molar-refractivity contribution is 7.98. The predicted molar refractivity (Wildman–Crippen MR) is 63.0 cm³/mol. The number of β-amino-alcohol motifs (C(OH)–C–C–N with tert-alkyl or cyclic N) is 1. The molecule has 0 aromatic heterocycles. The van der Waals surface area contributed by atoms with E-state index < -0.39 is 0 Å². The lowest BCUT2D eigenvalue weighted by molar-refractivity contribution is -0.123. The molecule has 0 bridgehead atoms. The number of amides is 1. The summed E-state index contributed by atoms with van der Waals surface area (Å²) in [5, 5.41) is 15.3. The van der Waals surface area contributed by atoms with Crippen molar-refractivity contribution in [1.29, 1.82) is 0 Å². The van der Waals surface area contributed by atoms with Crippen molar-refractivity contribution in [2.45, 2.75) is 38.0 Å². The summed E-state index contributed by atoms with van der Waals surface area (Å²) in [6.45, 7) is 2.59. The summed E-state index contributed by atoms with van der Waals surface area (Å²) in [4.78, 5) is 11.7. The van der Waals surface area contributed by atoms with Crippen molar-refractivity contribution >= 4 is 17.7 Å². The number of thioether (sulfide) groups is 1. The molecule has 88 valence electrons. The molecule has 0 spiro atoms. The Bertz CT molecular complexity index is 214. The summed E-state index contributed by atoms with van der Waals surface area (Å²) in [5.74, 6) is 0.963. The third-order valence-corrected chi connectivity index (χ3v) is 3.37. The van der Waals surface area contributed by atoms with Gasteiger partial charge in [0.15, 0.2) is 0 Å². The lowest BCUT2D eigenvalue weighted by Gasteiger charge is -2.18. The third kappa shape index (κ3) is 4.01. The highest BCUT2D eigenvalue weighted by Gasteiger charge is 2.28. The van der Waals surface area contributed by atoms with Crippen LogP contribution in [0, 0.1) is 0 Å². The maximum Gasteiger partial charge on any atom is 0.237 e. The molecule has 4 nitrogen and oxygen atoms in total. The lowest BCUT2D eigenvalue weighted by atomic mass is 10.1. The van der Waals surface area contributed by atoms with E-state index in [0.29, 0.717) is 13.0 Å². The van der Waals surface area contributed by atoms with Crippen molar-refractivity contribution in [3.05, 3.63) is 0 Å². The van der Waals surface area contributed by atoms with Crippen molar-refractivity contribution in [2.75, 3.05) is 18.6 Å². The van der Waals surface area contributed by atoms with E-state index in [2.05, 4.69) is 17.6 Å². The molecule has 3 N–H and O–H groups in total. The fourth-order valence-electron chi connectivity index (χ4n) is 1.68. The highest BCUT2D eigenvalue weighted by atomic mass is 32.2. The van der Waals surface area contributed by atoms with Gasteiger partial charge in [-0.3, -0.25) is 4.79 Å². The van der Waals surface area contributed by atoms with Crippen LogP contribution in [0.5, 0.6) is 0 Å². The molecule has 5 heteroatoms. The summed E-state index contributed by atoms with van der Waals surface area (Å²) in [7, 11) is 0. The van der Waals surface area contributed by atoms with Gasteiger partial charge in [-0.2, -0.15) is 11.8 Å². The van der Waals surface area contributed by atoms with Crippen LogP contribution < -0.4 is 10.6 Å². The Morgan fingerprint density at radius 3 is 2.93 bits per heavy atom. The molecule has 1 rings (SSSR count). The van der Waals surface area contributed by atoms with E-state index in [1.54, 1.807) is 11.8 Å². The monoisotopic (exact) mass is 232 g/mol. The summed E-state index contributed by atoms with van der Waals surface area (Å²) in [6.07, 6.45) is 3.14. The number of hydrogen-bond donors (Lipinski definition) is 3. The maximum absolute atomic E-state index is 11.7. The largest absolute Gasteiger partial charge is 0.392 e. The Morgan fingerprint density at radius 1 is 1.73 bits per heavy atom. The van der Waals surface area contributed by atoms with Crippen LogP contribution in [0.3, 0.4) is 0 Å². The van der Waals surface area contributed by atoms with Crippen LogP contribution in [0.25, 0.3) is 0 Å². The van der Waals surface area contributed by atoms with Gasteiger partial charge in [0.25, 0.3) is 0 Å². The molecule has 0 aliphatic carbocycles. The number of carbonyl (C=O) groups excluding carboxylic acids is 1. The molecule has 1 aliphatic heterocycles. The molecular weight excluding hydrogens is 212 g/mol. The second-order valence-electron chi connectivity index (χ2n) is 3.92. The van der Waals surface area contributed by atoms with Crippen LogP contribution in [-0.2, 0) is 4.79 Å². The molecule has 1 saturated heterocycles. The minimum Gasteiger partial charge on any atom is -0.392 e. The third-order valence-electron chi connectivity index (χ3n) is 2.63. The van der Waals surface area contributed by atoms with Gasteiger partial charge in [0.2, 0.25) is 5.91 Å². The van der Waals surface area contributed by atoms with Crippen molar-refractivity contribution in [3.8, 4) is 0 Å². The molecule has 1 amide bonds.